The molecule has 1 fully saturated rings. The first-order chi connectivity index (χ1) is 10.4. The van der Waals surface area contributed by atoms with Crippen LogP contribution in [0.3, 0.4) is 0 Å². The van der Waals surface area contributed by atoms with Gasteiger partial charge in [-0.05, 0) is 57.2 Å². The fourth-order valence-electron chi connectivity index (χ4n) is 2.43. The van der Waals surface area contributed by atoms with E-state index in [2.05, 4.69) is 4.98 Å². The van der Waals surface area contributed by atoms with E-state index in [1.165, 1.54) is 0 Å². The molecule has 2 rings (SSSR count). The van der Waals surface area contributed by atoms with Crippen molar-refractivity contribution in [1.82, 2.24) is 9.88 Å². The van der Waals surface area contributed by atoms with Crippen LogP contribution < -0.4 is 0 Å². The van der Waals surface area contributed by atoms with E-state index in [1.54, 1.807) is 17.3 Å². The Morgan fingerprint density at radius 2 is 1.91 bits per heavy atom. The fourth-order valence-corrected chi connectivity index (χ4v) is 2.43. The molecule has 0 unspecified atom stereocenters. The van der Waals surface area contributed by atoms with Crippen molar-refractivity contribution < 1.29 is 14.3 Å². The average Bonchev–Trinajstić information content (AvgIpc) is 2.47. The number of hydrogen-bond acceptors (Lipinski definition) is 4. The number of aromatic nitrogens is 1. The molecule has 22 heavy (non-hydrogen) atoms. The van der Waals surface area contributed by atoms with Crippen molar-refractivity contribution in [3.05, 3.63) is 30.1 Å². The normalized spacial score (nSPS) is 16.6. The minimum Gasteiger partial charge on any atom is -0.444 e. The van der Waals surface area contributed by atoms with Crippen LogP contribution in [0.2, 0.25) is 0 Å². The maximum Gasteiger partial charge on any atom is 0.410 e. The van der Waals surface area contributed by atoms with Crippen LogP contribution in [0.15, 0.2) is 24.5 Å². The van der Waals surface area contributed by atoms with Gasteiger partial charge in [-0.1, -0.05) is 0 Å². The van der Waals surface area contributed by atoms with Crippen LogP contribution in [0.1, 0.15) is 39.2 Å². The summed E-state index contributed by atoms with van der Waals surface area (Å²) in [4.78, 5) is 17.8. The van der Waals surface area contributed by atoms with Gasteiger partial charge in [-0.25, -0.2) is 4.79 Å². The van der Waals surface area contributed by atoms with Crippen LogP contribution >= 0.6 is 0 Å². The molecule has 0 saturated carbocycles. The van der Waals surface area contributed by atoms with Gasteiger partial charge in [0.1, 0.15) is 5.60 Å². The second kappa shape index (κ2) is 7.58. The lowest BCUT2D eigenvalue weighted by molar-refractivity contribution is 0.0105. The van der Waals surface area contributed by atoms with Crippen LogP contribution in [0, 0.1) is 5.92 Å². The zero-order chi connectivity index (χ0) is 16.0. The first-order valence-electron chi connectivity index (χ1n) is 7.88. The van der Waals surface area contributed by atoms with E-state index < -0.39 is 5.60 Å². The third-order valence-electron chi connectivity index (χ3n) is 3.64. The van der Waals surface area contributed by atoms with Gasteiger partial charge in [-0.2, -0.15) is 0 Å². The third kappa shape index (κ3) is 5.64. The molecule has 1 amide bonds. The van der Waals surface area contributed by atoms with Gasteiger partial charge in [0.05, 0.1) is 6.61 Å². The Kier molecular flexibility index (Phi) is 5.77. The van der Waals surface area contributed by atoms with Crippen molar-refractivity contribution in [3.8, 4) is 0 Å². The summed E-state index contributed by atoms with van der Waals surface area (Å²) in [6.45, 7) is 8.54. The molecule has 1 aromatic heterocycles. The van der Waals surface area contributed by atoms with E-state index in [0.29, 0.717) is 12.5 Å². The molecular formula is C17H26N2O3. The van der Waals surface area contributed by atoms with E-state index >= 15 is 0 Å². The minimum absolute atomic E-state index is 0.205. The second-order valence-corrected chi connectivity index (χ2v) is 6.78. The van der Waals surface area contributed by atoms with E-state index in [1.807, 2.05) is 32.9 Å². The predicted molar refractivity (Wildman–Crippen MR) is 84.4 cm³/mol. The highest BCUT2D eigenvalue weighted by molar-refractivity contribution is 5.68. The zero-order valence-corrected chi connectivity index (χ0v) is 13.7. The Morgan fingerprint density at radius 3 is 2.50 bits per heavy atom. The van der Waals surface area contributed by atoms with Gasteiger partial charge in [0, 0.05) is 32.1 Å². The van der Waals surface area contributed by atoms with Crippen LogP contribution in [-0.2, 0) is 16.1 Å². The molecule has 0 spiro atoms. The lowest BCUT2D eigenvalue weighted by atomic mass is 9.98. The SMILES string of the molecule is CC(C)(C)OC(=O)N1CCC(COCc2ccncc2)CC1. The molecule has 0 aliphatic carbocycles. The molecule has 122 valence electrons. The number of likely N-dealkylation sites (tertiary alicyclic amines) is 1. The van der Waals surface area contributed by atoms with Crippen LogP contribution in [0.5, 0.6) is 0 Å². The van der Waals surface area contributed by atoms with Crippen molar-refractivity contribution >= 4 is 6.09 Å². The summed E-state index contributed by atoms with van der Waals surface area (Å²) in [5, 5.41) is 0. The summed E-state index contributed by atoms with van der Waals surface area (Å²) in [6, 6.07) is 3.93. The number of carbonyl (C=O) groups excluding carboxylic acids is 1. The van der Waals surface area contributed by atoms with Gasteiger partial charge in [-0.3, -0.25) is 4.98 Å². The molecule has 0 bridgehead atoms. The van der Waals surface area contributed by atoms with Gasteiger partial charge >= 0.3 is 6.09 Å². The van der Waals surface area contributed by atoms with Crippen LogP contribution in [0.4, 0.5) is 4.79 Å². The fraction of sp³-hybridized carbons (Fsp3) is 0.647. The summed E-state index contributed by atoms with van der Waals surface area (Å²) >= 11 is 0. The Bertz CT molecular complexity index is 463. The first-order valence-corrected chi connectivity index (χ1v) is 7.88. The van der Waals surface area contributed by atoms with Gasteiger partial charge in [0.2, 0.25) is 0 Å². The largest absolute Gasteiger partial charge is 0.444 e. The lowest BCUT2D eigenvalue weighted by Gasteiger charge is -2.33. The molecule has 5 heteroatoms. The zero-order valence-electron chi connectivity index (χ0n) is 13.7. The molecule has 1 aliphatic rings. The van der Waals surface area contributed by atoms with Crippen molar-refractivity contribution in [2.75, 3.05) is 19.7 Å². The molecule has 2 heterocycles. The summed E-state index contributed by atoms with van der Waals surface area (Å²) in [5.41, 5.74) is 0.711. The molecule has 1 saturated heterocycles. The monoisotopic (exact) mass is 306 g/mol. The van der Waals surface area contributed by atoms with Crippen molar-refractivity contribution in [3.63, 3.8) is 0 Å². The Hall–Kier alpha value is -1.62. The van der Waals surface area contributed by atoms with E-state index in [9.17, 15) is 4.79 Å². The summed E-state index contributed by atoms with van der Waals surface area (Å²) < 4.78 is 11.2. The van der Waals surface area contributed by atoms with Gasteiger partial charge in [-0.15, -0.1) is 0 Å². The van der Waals surface area contributed by atoms with E-state index in [0.717, 1.165) is 38.1 Å². The third-order valence-corrected chi connectivity index (χ3v) is 3.64. The molecule has 1 aromatic rings. The Morgan fingerprint density at radius 1 is 1.27 bits per heavy atom. The summed E-state index contributed by atoms with van der Waals surface area (Å²) in [7, 11) is 0. The molecule has 0 radical (unpaired) electrons. The van der Waals surface area contributed by atoms with Gasteiger partial charge in [0.25, 0.3) is 0 Å². The highest BCUT2D eigenvalue weighted by atomic mass is 16.6. The molecule has 0 atom stereocenters. The number of nitrogens with zero attached hydrogens (tertiary/aromatic N) is 2. The van der Waals surface area contributed by atoms with E-state index in [-0.39, 0.29) is 6.09 Å². The van der Waals surface area contributed by atoms with Gasteiger partial charge in [0.15, 0.2) is 0 Å². The lowest BCUT2D eigenvalue weighted by Crippen LogP contribution is -2.42. The van der Waals surface area contributed by atoms with Crippen molar-refractivity contribution in [1.29, 1.82) is 0 Å². The summed E-state index contributed by atoms with van der Waals surface area (Å²) in [6.07, 6.45) is 5.28. The summed E-state index contributed by atoms with van der Waals surface area (Å²) in [5.74, 6) is 0.514. The number of rotatable bonds is 4. The average molecular weight is 306 g/mol. The number of amides is 1. The smallest absolute Gasteiger partial charge is 0.410 e. The van der Waals surface area contributed by atoms with Crippen LogP contribution in [0.25, 0.3) is 0 Å². The predicted octanol–water partition coefficient (Wildman–Crippen LogP) is 3.25. The Balaban J connectivity index is 1.66. The van der Waals surface area contributed by atoms with Crippen LogP contribution in [-0.4, -0.2) is 41.3 Å². The number of pyridine rings is 1. The number of piperidine rings is 1. The Labute approximate surface area is 132 Å². The molecule has 5 nitrogen and oxygen atoms in total. The quantitative estimate of drug-likeness (QED) is 0.857. The maximum absolute atomic E-state index is 12.0. The van der Waals surface area contributed by atoms with E-state index in [4.69, 9.17) is 9.47 Å². The minimum atomic E-state index is -0.429. The standard InChI is InChI=1S/C17H26N2O3/c1-17(2,3)22-16(20)19-10-6-15(7-11-19)13-21-12-14-4-8-18-9-5-14/h4-5,8-9,15H,6-7,10-13H2,1-3H3. The highest BCUT2D eigenvalue weighted by Gasteiger charge is 2.26. The van der Waals surface area contributed by atoms with Gasteiger partial charge < -0.3 is 14.4 Å². The number of hydrogen-bond donors (Lipinski definition) is 0. The topological polar surface area (TPSA) is 51.7 Å². The molecule has 0 aromatic carbocycles. The molecule has 1 aliphatic heterocycles. The molecular weight excluding hydrogens is 280 g/mol. The first kappa shape index (κ1) is 16.7. The maximum atomic E-state index is 12.0. The second-order valence-electron chi connectivity index (χ2n) is 6.78. The highest BCUT2D eigenvalue weighted by Crippen LogP contribution is 2.20. The number of carbonyl (C=O) groups is 1. The number of ether oxygens (including phenoxy) is 2. The molecule has 0 N–H and O–H groups in total. The van der Waals surface area contributed by atoms with Crippen molar-refractivity contribution in [2.45, 2.75) is 45.8 Å². The van der Waals surface area contributed by atoms with Crippen molar-refractivity contribution in [2.24, 2.45) is 5.92 Å².